The number of rotatable bonds is 5. The molecule has 3 atom stereocenters. The molecule has 6 nitrogen and oxygen atoms in total. The van der Waals surface area contributed by atoms with E-state index in [-0.39, 0.29) is 36.2 Å². The van der Waals surface area contributed by atoms with Gasteiger partial charge in [-0.1, -0.05) is 32.0 Å². The van der Waals surface area contributed by atoms with Gasteiger partial charge in [0.1, 0.15) is 18.7 Å². The molecule has 1 aromatic carbocycles. The van der Waals surface area contributed by atoms with E-state index in [1.54, 1.807) is 29.2 Å². The van der Waals surface area contributed by atoms with Gasteiger partial charge in [0.05, 0.1) is 6.10 Å². The smallest absolute Gasteiger partial charge is 0.251 e. The molecule has 0 radical (unpaired) electrons. The summed E-state index contributed by atoms with van der Waals surface area (Å²) < 4.78 is 5.53. The number of nitrogens with zero attached hydrogens (tertiary/aromatic N) is 1. The Morgan fingerprint density at radius 1 is 1.27 bits per heavy atom. The van der Waals surface area contributed by atoms with Crippen molar-refractivity contribution in [3.05, 3.63) is 35.9 Å². The molecule has 2 fully saturated rings. The fourth-order valence-corrected chi connectivity index (χ4v) is 3.76. The van der Waals surface area contributed by atoms with Gasteiger partial charge in [-0.25, -0.2) is 0 Å². The first kappa shape index (κ1) is 18.6. The summed E-state index contributed by atoms with van der Waals surface area (Å²) in [7, 11) is 0. The number of carbonyl (C=O) groups excluding carboxylic acids is 3. The maximum Gasteiger partial charge on any atom is 0.251 e. The zero-order valence-corrected chi connectivity index (χ0v) is 15.3. The SMILES string of the molecule is CC(C)C[C@H](NC(=O)c1ccccc1)C(=O)N1CCC[C@H]2OCC(=O)[C@H]21. The van der Waals surface area contributed by atoms with E-state index in [1.807, 2.05) is 19.9 Å². The molecule has 1 N–H and O–H groups in total. The number of ether oxygens (including phenoxy) is 1. The Morgan fingerprint density at radius 3 is 2.69 bits per heavy atom. The molecule has 6 heteroatoms. The summed E-state index contributed by atoms with van der Waals surface area (Å²) in [5.41, 5.74) is 0.519. The molecule has 0 bridgehead atoms. The second kappa shape index (κ2) is 7.99. The van der Waals surface area contributed by atoms with Crippen LogP contribution in [0.15, 0.2) is 30.3 Å². The van der Waals surface area contributed by atoms with Crippen LogP contribution < -0.4 is 5.32 Å². The van der Waals surface area contributed by atoms with Gasteiger partial charge in [-0.15, -0.1) is 0 Å². The van der Waals surface area contributed by atoms with Gasteiger partial charge in [0, 0.05) is 12.1 Å². The second-order valence-corrected chi connectivity index (χ2v) is 7.46. The number of Topliss-reactive ketones (excluding diaryl/α,β-unsaturated/α-hetero) is 1. The largest absolute Gasteiger partial charge is 0.368 e. The Hall–Kier alpha value is -2.21. The normalized spacial score (nSPS) is 23.7. The minimum Gasteiger partial charge on any atom is -0.368 e. The van der Waals surface area contributed by atoms with Crippen LogP contribution in [0.4, 0.5) is 0 Å². The Labute approximate surface area is 153 Å². The molecule has 0 unspecified atom stereocenters. The molecular weight excluding hydrogens is 332 g/mol. The topological polar surface area (TPSA) is 75.7 Å². The average Bonchev–Trinajstić information content (AvgIpc) is 3.02. The highest BCUT2D eigenvalue weighted by atomic mass is 16.5. The number of fused-ring (bicyclic) bond motifs is 1. The fourth-order valence-electron chi connectivity index (χ4n) is 3.76. The first-order valence-electron chi connectivity index (χ1n) is 9.28. The second-order valence-electron chi connectivity index (χ2n) is 7.46. The lowest BCUT2D eigenvalue weighted by molar-refractivity contribution is -0.142. The summed E-state index contributed by atoms with van der Waals surface area (Å²) in [6.45, 7) is 4.63. The van der Waals surface area contributed by atoms with E-state index >= 15 is 0 Å². The van der Waals surface area contributed by atoms with E-state index in [1.165, 1.54) is 0 Å². The first-order chi connectivity index (χ1) is 12.5. The van der Waals surface area contributed by atoms with E-state index in [2.05, 4.69) is 5.32 Å². The Balaban J connectivity index is 1.77. The molecule has 2 aliphatic heterocycles. The molecule has 1 aromatic rings. The molecule has 0 saturated carbocycles. The predicted molar refractivity (Wildman–Crippen MR) is 96.6 cm³/mol. The van der Waals surface area contributed by atoms with Gasteiger partial charge in [-0.05, 0) is 37.3 Å². The summed E-state index contributed by atoms with van der Waals surface area (Å²) in [6.07, 6.45) is 1.93. The van der Waals surface area contributed by atoms with Crippen molar-refractivity contribution in [1.82, 2.24) is 10.2 Å². The molecule has 0 spiro atoms. The van der Waals surface area contributed by atoms with Crippen LogP contribution in [0.25, 0.3) is 0 Å². The van der Waals surface area contributed by atoms with E-state index in [4.69, 9.17) is 4.74 Å². The number of ketones is 1. The van der Waals surface area contributed by atoms with Crippen LogP contribution in [0.1, 0.15) is 43.5 Å². The van der Waals surface area contributed by atoms with Crippen LogP contribution in [0.2, 0.25) is 0 Å². The van der Waals surface area contributed by atoms with Crippen LogP contribution in [0.3, 0.4) is 0 Å². The van der Waals surface area contributed by atoms with Crippen LogP contribution in [-0.2, 0) is 14.3 Å². The van der Waals surface area contributed by atoms with Gasteiger partial charge in [0.15, 0.2) is 5.78 Å². The highest BCUT2D eigenvalue weighted by Crippen LogP contribution is 2.27. The summed E-state index contributed by atoms with van der Waals surface area (Å²) in [6, 6.07) is 7.72. The molecule has 26 heavy (non-hydrogen) atoms. The van der Waals surface area contributed by atoms with E-state index in [0.717, 1.165) is 12.8 Å². The van der Waals surface area contributed by atoms with Gasteiger partial charge < -0.3 is 15.0 Å². The highest BCUT2D eigenvalue weighted by molar-refractivity contribution is 5.99. The third-order valence-electron chi connectivity index (χ3n) is 4.97. The molecule has 2 aliphatic rings. The monoisotopic (exact) mass is 358 g/mol. The van der Waals surface area contributed by atoms with E-state index in [0.29, 0.717) is 18.5 Å². The third kappa shape index (κ3) is 3.96. The quantitative estimate of drug-likeness (QED) is 0.871. The van der Waals surface area contributed by atoms with Crippen molar-refractivity contribution in [3.63, 3.8) is 0 Å². The highest BCUT2D eigenvalue weighted by Gasteiger charge is 2.45. The van der Waals surface area contributed by atoms with Crippen LogP contribution in [0, 0.1) is 5.92 Å². The van der Waals surface area contributed by atoms with Crippen molar-refractivity contribution in [3.8, 4) is 0 Å². The van der Waals surface area contributed by atoms with Crippen molar-refractivity contribution in [2.75, 3.05) is 13.2 Å². The van der Waals surface area contributed by atoms with Gasteiger partial charge in [0.25, 0.3) is 5.91 Å². The molecule has 2 amide bonds. The molecule has 3 rings (SSSR count). The van der Waals surface area contributed by atoms with Crippen molar-refractivity contribution in [1.29, 1.82) is 0 Å². The van der Waals surface area contributed by atoms with Gasteiger partial charge >= 0.3 is 0 Å². The average molecular weight is 358 g/mol. The van der Waals surface area contributed by atoms with Gasteiger partial charge in [0.2, 0.25) is 5.91 Å². The van der Waals surface area contributed by atoms with Crippen molar-refractivity contribution >= 4 is 17.6 Å². The molecule has 140 valence electrons. The summed E-state index contributed by atoms with van der Waals surface area (Å²) in [4.78, 5) is 39.6. The number of piperidine rings is 1. The van der Waals surface area contributed by atoms with Gasteiger partial charge in [-0.3, -0.25) is 14.4 Å². The lowest BCUT2D eigenvalue weighted by atomic mass is 9.95. The first-order valence-corrected chi connectivity index (χ1v) is 9.28. The zero-order chi connectivity index (χ0) is 18.7. The Morgan fingerprint density at radius 2 is 2.00 bits per heavy atom. The lowest BCUT2D eigenvalue weighted by Gasteiger charge is -2.37. The minimum atomic E-state index is -0.644. The van der Waals surface area contributed by atoms with Crippen LogP contribution in [0.5, 0.6) is 0 Å². The van der Waals surface area contributed by atoms with Crippen molar-refractivity contribution in [2.24, 2.45) is 5.92 Å². The van der Waals surface area contributed by atoms with Crippen LogP contribution >= 0.6 is 0 Å². The Kier molecular flexibility index (Phi) is 5.71. The van der Waals surface area contributed by atoms with E-state index in [9.17, 15) is 14.4 Å². The molecule has 2 heterocycles. The fraction of sp³-hybridized carbons (Fsp3) is 0.550. The molecule has 0 aromatic heterocycles. The number of hydrogen-bond donors (Lipinski definition) is 1. The third-order valence-corrected chi connectivity index (χ3v) is 4.97. The maximum absolute atomic E-state index is 13.2. The number of hydrogen-bond acceptors (Lipinski definition) is 4. The van der Waals surface area contributed by atoms with Crippen LogP contribution in [-0.4, -0.2) is 53.8 Å². The molecular formula is C20H26N2O4. The number of carbonyl (C=O) groups is 3. The van der Waals surface area contributed by atoms with Crippen molar-refractivity contribution in [2.45, 2.75) is 51.3 Å². The predicted octanol–water partition coefficient (Wildman–Crippen LogP) is 1.79. The summed E-state index contributed by atoms with van der Waals surface area (Å²) in [5.74, 6) is -0.263. The Bertz CT molecular complexity index is 674. The number of nitrogens with one attached hydrogen (secondary N) is 1. The standard InChI is InChI=1S/C20H26N2O4/c1-13(2)11-15(21-19(24)14-7-4-3-5-8-14)20(25)22-10-6-9-17-18(22)16(23)12-26-17/h3-5,7-8,13,15,17-18H,6,9-12H2,1-2H3,(H,21,24)/t15-,17+,18+/m0/s1. The molecule has 0 aliphatic carbocycles. The molecule has 2 saturated heterocycles. The number of amides is 2. The van der Waals surface area contributed by atoms with E-state index < -0.39 is 12.1 Å². The maximum atomic E-state index is 13.2. The summed E-state index contributed by atoms with van der Waals surface area (Å²) in [5, 5.41) is 2.87. The minimum absolute atomic E-state index is 0.0410. The zero-order valence-electron chi connectivity index (χ0n) is 15.3. The number of likely N-dealkylation sites (tertiary alicyclic amines) is 1. The van der Waals surface area contributed by atoms with Crippen molar-refractivity contribution < 1.29 is 19.1 Å². The lowest BCUT2D eigenvalue weighted by Crippen LogP contribution is -2.58. The summed E-state index contributed by atoms with van der Waals surface area (Å²) >= 11 is 0. The number of benzene rings is 1. The van der Waals surface area contributed by atoms with Gasteiger partial charge in [-0.2, -0.15) is 0 Å².